The van der Waals surface area contributed by atoms with E-state index in [9.17, 15) is 4.39 Å². The van der Waals surface area contributed by atoms with Crippen LogP contribution in [0.2, 0.25) is 0 Å². The Labute approximate surface area is 229 Å². The van der Waals surface area contributed by atoms with Crippen LogP contribution in [-0.4, -0.2) is 29.9 Å². The number of rotatable bonds is 7. The number of nitrogens with one attached hydrogen (secondary N) is 3. The van der Waals surface area contributed by atoms with E-state index in [4.69, 9.17) is 4.98 Å². The first-order chi connectivity index (χ1) is 19.7. The smallest absolute Gasteiger partial charge is 0.140 e. The Bertz CT molecular complexity index is 1960. The van der Waals surface area contributed by atoms with Crippen LogP contribution in [0.1, 0.15) is 11.1 Å². The van der Waals surface area contributed by atoms with E-state index in [-0.39, 0.29) is 5.82 Å². The highest BCUT2D eigenvalue weighted by Crippen LogP contribution is 2.33. The predicted molar refractivity (Wildman–Crippen MR) is 155 cm³/mol. The van der Waals surface area contributed by atoms with E-state index in [2.05, 4.69) is 54.5 Å². The molecule has 7 rings (SSSR count). The zero-order valence-corrected chi connectivity index (χ0v) is 21.4. The summed E-state index contributed by atoms with van der Waals surface area (Å²) in [6, 6.07) is 21.2. The zero-order chi connectivity index (χ0) is 26.9. The number of aromatic nitrogens is 6. The van der Waals surface area contributed by atoms with E-state index in [0.29, 0.717) is 29.0 Å². The molecule has 0 aliphatic carbocycles. The molecule has 0 saturated heterocycles. The Morgan fingerprint density at radius 1 is 0.725 bits per heavy atom. The molecule has 5 aromatic heterocycles. The zero-order valence-electron chi connectivity index (χ0n) is 21.4. The van der Waals surface area contributed by atoms with Crippen molar-refractivity contribution in [3.05, 3.63) is 121 Å². The molecule has 5 heterocycles. The van der Waals surface area contributed by atoms with Gasteiger partial charge in [-0.1, -0.05) is 48.5 Å². The molecule has 3 N–H and O–H groups in total. The highest BCUT2D eigenvalue weighted by atomic mass is 19.1. The molecule has 40 heavy (non-hydrogen) atoms. The van der Waals surface area contributed by atoms with Gasteiger partial charge in [-0.05, 0) is 29.3 Å². The summed E-state index contributed by atoms with van der Waals surface area (Å²) in [5.74, 6) is 0.344. The standard InChI is InChI=1S/C32H24FN7/c33-28-9-5-4-8-24(28)26-17-36-19-29-30(26)40-32(39-29)27-18-38-31-25(27)11-23(16-37-31)22-10-21(14-35-15-22)13-34-12-20-6-2-1-3-7-20/h1-11,14-19,34H,12-13H2,(H,37,38)(H,39,40). The first-order valence-corrected chi connectivity index (χ1v) is 13.0. The molecule has 0 fully saturated rings. The van der Waals surface area contributed by atoms with Gasteiger partial charge in [0.25, 0.3) is 0 Å². The Kier molecular flexibility index (Phi) is 6.07. The number of hydrogen-bond acceptors (Lipinski definition) is 5. The van der Waals surface area contributed by atoms with E-state index >= 15 is 0 Å². The number of imidazole rings is 1. The van der Waals surface area contributed by atoms with Crippen molar-refractivity contribution in [1.82, 2.24) is 35.2 Å². The van der Waals surface area contributed by atoms with Crippen molar-refractivity contribution in [1.29, 1.82) is 0 Å². The van der Waals surface area contributed by atoms with Gasteiger partial charge in [0.05, 0.1) is 11.7 Å². The SMILES string of the molecule is Fc1ccccc1-c1cncc2[nH]c(-c3c[nH]c4ncc(-c5cncc(CNCc6ccccc6)c5)cc34)nc12. The molecule has 194 valence electrons. The summed E-state index contributed by atoms with van der Waals surface area (Å²) >= 11 is 0. The molecule has 0 amide bonds. The Morgan fingerprint density at radius 3 is 2.42 bits per heavy atom. The van der Waals surface area contributed by atoms with Crippen LogP contribution in [0, 0.1) is 5.82 Å². The summed E-state index contributed by atoms with van der Waals surface area (Å²) in [5, 5.41) is 4.40. The first kappa shape index (κ1) is 23.9. The summed E-state index contributed by atoms with van der Waals surface area (Å²) in [6.45, 7) is 1.50. The van der Waals surface area contributed by atoms with Crippen molar-refractivity contribution in [2.24, 2.45) is 0 Å². The lowest BCUT2D eigenvalue weighted by molar-refractivity contribution is 0.631. The molecule has 0 unspecified atom stereocenters. The van der Waals surface area contributed by atoms with Crippen LogP contribution in [0.15, 0.2) is 104 Å². The van der Waals surface area contributed by atoms with Gasteiger partial charge in [0, 0.05) is 77.3 Å². The van der Waals surface area contributed by atoms with Gasteiger partial charge >= 0.3 is 0 Å². The van der Waals surface area contributed by atoms with E-state index in [1.165, 1.54) is 11.6 Å². The van der Waals surface area contributed by atoms with Crippen molar-refractivity contribution < 1.29 is 4.39 Å². The normalized spacial score (nSPS) is 11.4. The average molecular weight is 526 g/mol. The van der Waals surface area contributed by atoms with Crippen LogP contribution >= 0.6 is 0 Å². The second kappa shape index (κ2) is 10.2. The third kappa shape index (κ3) is 4.50. The summed E-state index contributed by atoms with van der Waals surface area (Å²) < 4.78 is 14.6. The molecular weight excluding hydrogens is 501 g/mol. The summed E-state index contributed by atoms with van der Waals surface area (Å²) in [7, 11) is 0. The van der Waals surface area contributed by atoms with Crippen LogP contribution < -0.4 is 5.32 Å². The van der Waals surface area contributed by atoms with E-state index < -0.39 is 0 Å². The Morgan fingerprint density at radius 2 is 1.52 bits per heavy atom. The lowest BCUT2D eigenvalue weighted by Crippen LogP contribution is -2.12. The number of benzene rings is 2. The maximum atomic E-state index is 14.6. The van der Waals surface area contributed by atoms with Crippen LogP contribution in [0.4, 0.5) is 4.39 Å². The molecule has 0 aliphatic rings. The lowest BCUT2D eigenvalue weighted by atomic mass is 10.1. The number of H-pyrrole nitrogens is 2. The maximum absolute atomic E-state index is 14.6. The van der Waals surface area contributed by atoms with Crippen molar-refractivity contribution in [2.75, 3.05) is 0 Å². The quantitative estimate of drug-likeness (QED) is 0.216. The van der Waals surface area contributed by atoms with Crippen LogP contribution in [-0.2, 0) is 13.1 Å². The molecule has 0 saturated carbocycles. The minimum Gasteiger partial charge on any atom is -0.345 e. The van der Waals surface area contributed by atoms with Crippen molar-refractivity contribution >= 4 is 22.1 Å². The van der Waals surface area contributed by atoms with Gasteiger partial charge in [-0.2, -0.15) is 0 Å². The molecule has 0 radical (unpaired) electrons. The second-order valence-electron chi connectivity index (χ2n) is 9.64. The number of aromatic amines is 2. The summed E-state index contributed by atoms with van der Waals surface area (Å²) in [4.78, 5) is 24.9. The molecule has 0 spiro atoms. The monoisotopic (exact) mass is 525 g/mol. The number of halogens is 1. The maximum Gasteiger partial charge on any atom is 0.140 e. The Hall–Kier alpha value is -5.21. The van der Waals surface area contributed by atoms with Crippen LogP contribution in [0.25, 0.3) is 55.7 Å². The van der Waals surface area contributed by atoms with Gasteiger partial charge in [-0.15, -0.1) is 0 Å². The molecular formula is C32H24FN7. The number of hydrogen-bond donors (Lipinski definition) is 3. The van der Waals surface area contributed by atoms with Crippen molar-refractivity contribution in [3.63, 3.8) is 0 Å². The van der Waals surface area contributed by atoms with Gasteiger partial charge in [0.1, 0.15) is 22.8 Å². The van der Waals surface area contributed by atoms with Gasteiger partial charge in [0.2, 0.25) is 0 Å². The number of fused-ring (bicyclic) bond motifs is 2. The van der Waals surface area contributed by atoms with E-state index in [1.807, 2.05) is 43.0 Å². The second-order valence-corrected chi connectivity index (χ2v) is 9.64. The fourth-order valence-electron chi connectivity index (χ4n) is 4.98. The van der Waals surface area contributed by atoms with Gasteiger partial charge in [-0.25, -0.2) is 14.4 Å². The first-order valence-electron chi connectivity index (χ1n) is 13.0. The van der Waals surface area contributed by atoms with E-state index in [0.717, 1.165) is 45.3 Å². The molecule has 7 nitrogen and oxygen atoms in total. The minimum absolute atomic E-state index is 0.312. The molecule has 0 aliphatic heterocycles. The van der Waals surface area contributed by atoms with Crippen molar-refractivity contribution in [3.8, 4) is 33.6 Å². The topological polar surface area (TPSA) is 95.2 Å². The molecule has 0 bridgehead atoms. The Balaban J connectivity index is 1.21. The third-order valence-corrected chi connectivity index (χ3v) is 6.97. The summed E-state index contributed by atoms with van der Waals surface area (Å²) in [6.07, 6.45) is 10.8. The molecule has 7 aromatic rings. The number of pyridine rings is 3. The third-order valence-electron chi connectivity index (χ3n) is 6.97. The minimum atomic E-state index is -0.312. The fraction of sp³-hybridized carbons (Fsp3) is 0.0625. The van der Waals surface area contributed by atoms with Crippen LogP contribution in [0.3, 0.4) is 0 Å². The molecule has 2 aromatic carbocycles. The molecule has 8 heteroatoms. The highest BCUT2D eigenvalue weighted by Gasteiger charge is 2.16. The average Bonchev–Trinajstić information content (AvgIpc) is 3.62. The highest BCUT2D eigenvalue weighted by molar-refractivity contribution is 5.98. The van der Waals surface area contributed by atoms with Gasteiger partial charge in [-0.3, -0.25) is 9.97 Å². The van der Waals surface area contributed by atoms with Gasteiger partial charge < -0.3 is 15.3 Å². The predicted octanol–water partition coefficient (Wildman–Crippen LogP) is 6.66. The van der Waals surface area contributed by atoms with Crippen molar-refractivity contribution in [2.45, 2.75) is 13.1 Å². The molecule has 0 atom stereocenters. The largest absolute Gasteiger partial charge is 0.345 e. The lowest BCUT2D eigenvalue weighted by Gasteiger charge is -2.07. The fourth-order valence-corrected chi connectivity index (χ4v) is 4.98. The van der Waals surface area contributed by atoms with E-state index in [1.54, 1.807) is 30.6 Å². The van der Waals surface area contributed by atoms with Crippen LogP contribution in [0.5, 0.6) is 0 Å². The number of nitrogens with zero attached hydrogens (tertiary/aromatic N) is 4. The van der Waals surface area contributed by atoms with Gasteiger partial charge in [0.15, 0.2) is 0 Å². The summed E-state index contributed by atoms with van der Waals surface area (Å²) in [5.41, 5.74) is 8.38.